The van der Waals surface area contributed by atoms with Crippen LogP contribution in [-0.4, -0.2) is 49.0 Å². The normalized spacial score (nSPS) is 22.0. The van der Waals surface area contributed by atoms with E-state index in [1.54, 1.807) is 7.11 Å². The van der Waals surface area contributed by atoms with Crippen LogP contribution in [0.15, 0.2) is 54.8 Å². The molecule has 1 aromatic carbocycles. The SMILES string of the molecule is COc1cnc2c(ccn2[Si](C(C)C)(C(C)C)C(C)C)c1/C(=C/B1OC(C)(C)C(C)(C)O1)[C@H]1CC[C@H](OCc2ccccc2)CC1. The van der Waals surface area contributed by atoms with Crippen LogP contribution in [0.1, 0.15) is 106 Å². The van der Waals surface area contributed by atoms with Crippen molar-refractivity contribution < 1.29 is 18.8 Å². The van der Waals surface area contributed by atoms with Crippen molar-refractivity contribution >= 4 is 32.0 Å². The Morgan fingerprint density at radius 3 is 2.07 bits per heavy atom. The van der Waals surface area contributed by atoms with Gasteiger partial charge in [0.15, 0.2) is 8.24 Å². The van der Waals surface area contributed by atoms with Crippen molar-refractivity contribution in [3.63, 3.8) is 0 Å². The molecule has 1 aliphatic heterocycles. The van der Waals surface area contributed by atoms with Gasteiger partial charge in [-0.2, -0.15) is 0 Å². The molecule has 0 spiro atoms. The van der Waals surface area contributed by atoms with E-state index in [9.17, 15) is 0 Å². The molecule has 3 heterocycles. The van der Waals surface area contributed by atoms with Crippen LogP contribution in [0.5, 0.6) is 5.75 Å². The predicted octanol–water partition coefficient (Wildman–Crippen LogP) is 9.86. The van der Waals surface area contributed by atoms with Crippen LogP contribution in [0.3, 0.4) is 0 Å². The standard InChI is InChI=1S/C38H57BN2O4Si/c1-26(2)46(27(3)4,28(5)6)41-22-21-32-35(34(42-11)24-40-36(32)41)33(23-39-44-37(7,8)38(9,10)45-39)30-17-19-31(20-18-30)43-25-29-15-13-12-14-16-29/h12-16,21-24,26-28,30-31H,17-20,25H2,1-11H3/b33-23+/t30-,31-. The maximum atomic E-state index is 6.58. The minimum atomic E-state index is -2.03. The van der Waals surface area contributed by atoms with Gasteiger partial charge in [-0.05, 0) is 99.3 Å². The molecule has 250 valence electrons. The summed E-state index contributed by atoms with van der Waals surface area (Å²) >= 11 is 0. The molecule has 0 amide bonds. The zero-order valence-corrected chi connectivity index (χ0v) is 31.2. The van der Waals surface area contributed by atoms with Gasteiger partial charge in [0.1, 0.15) is 11.4 Å². The Kier molecular flexibility index (Phi) is 10.3. The smallest absolute Gasteiger partial charge is 0.487 e. The summed E-state index contributed by atoms with van der Waals surface area (Å²) in [6, 6.07) is 12.8. The quantitative estimate of drug-likeness (QED) is 0.195. The lowest BCUT2D eigenvalue weighted by Crippen LogP contribution is -2.51. The average molecular weight is 645 g/mol. The van der Waals surface area contributed by atoms with E-state index in [1.165, 1.54) is 11.1 Å². The molecule has 3 aromatic rings. The fourth-order valence-electron chi connectivity index (χ4n) is 8.52. The van der Waals surface area contributed by atoms with E-state index in [2.05, 4.69) is 122 Å². The lowest BCUT2D eigenvalue weighted by molar-refractivity contribution is 0.00578. The highest BCUT2D eigenvalue weighted by atomic mass is 28.3. The van der Waals surface area contributed by atoms with Gasteiger partial charge in [-0.1, -0.05) is 77.8 Å². The third-order valence-electron chi connectivity index (χ3n) is 11.4. The van der Waals surface area contributed by atoms with Gasteiger partial charge in [0, 0.05) is 10.9 Å². The van der Waals surface area contributed by atoms with E-state index in [0.717, 1.165) is 48.0 Å². The molecular weight excluding hydrogens is 587 g/mol. The van der Waals surface area contributed by atoms with Gasteiger partial charge in [0.25, 0.3) is 0 Å². The Hall–Kier alpha value is -2.39. The number of hydrogen-bond donors (Lipinski definition) is 0. The van der Waals surface area contributed by atoms with Crippen molar-refractivity contribution in [1.29, 1.82) is 0 Å². The summed E-state index contributed by atoms with van der Waals surface area (Å²) in [5, 5.41) is 1.16. The summed E-state index contributed by atoms with van der Waals surface area (Å²) in [5.41, 5.74) is 5.51. The van der Waals surface area contributed by atoms with E-state index in [4.69, 9.17) is 23.8 Å². The van der Waals surface area contributed by atoms with E-state index in [-0.39, 0.29) is 6.10 Å². The molecule has 0 unspecified atom stereocenters. The van der Waals surface area contributed by atoms with Crippen LogP contribution in [0.2, 0.25) is 16.6 Å². The van der Waals surface area contributed by atoms with Crippen molar-refractivity contribution in [2.45, 2.75) is 135 Å². The van der Waals surface area contributed by atoms with Crippen molar-refractivity contribution in [3.05, 3.63) is 65.9 Å². The first kappa shape index (κ1) is 34.9. The van der Waals surface area contributed by atoms with E-state index in [1.807, 2.05) is 6.20 Å². The summed E-state index contributed by atoms with van der Waals surface area (Å²) in [5.74, 6) is 3.38. The molecule has 0 bridgehead atoms. The molecule has 1 saturated heterocycles. The number of pyridine rings is 1. The topological polar surface area (TPSA) is 54.7 Å². The summed E-state index contributed by atoms with van der Waals surface area (Å²) < 4.78 is 28.3. The number of allylic oxidation sites excluding steroid dienone is 1. The first-order valence-corrected chi connectivity index (χ1v) is 19.7. The van der Waals surface area contributed by atoms with Crippen LogP contribution < -0.4 is 4.74 Å². The summed E-state index contributed by atoms with van der Waals surface area (Å²) in [6.07, 6.45) is 8.61. The fourth-order valence-corrected chi connectivity index (χ4v) is 15.1. The molecular formula is C38H57BN2O4Si. The van der Waals surface area contributed by atoms with Crippen LogP contribution in [-0.2, 0) is 20.7 Å². The minimum Gasteiger partial charge on any atom is -0.494 e. The first-order valence-electron chi connectivity index (χ1n) is 17.5. The van der Waals surface area contributed by atoms with Gasteiger partial charge in [0.05, 0.1) is 37.2 Å². The number of aromatic nitrogens is 2. The van der Waals surface area contributed by atoms with Crippen molar-refractivity contribution in [2.75, 3.05) is 7.11 Å². The number of rotatable bonds is 11. The number of ether oxygens (including phenoxy) is 2. The van der Waals surface area contributed by atoms with Gasteiger partial charge in [0.2, 0.25) is 0 Å². The molecule has 0 atom stereocenters. The van der Waals surface area contributed by atoms with Gasteiger partial charge in [-0.15, -0.1) is 0 Å². The largest absolute Gasteiger partial charge is 0.494 e. The van der Waals surface area contributed by atoms with Gasteiger partial charge >= 0.3 is 7.12 Å². The number of fused-ring (bicyclic) bond motifs is 1. The Balaban J connectivity index is 1.57. The van der Waals surface area contributed by atoms with Crippen LogP contribution in [0, 0.1) is 5.92 Å². The molecule has 0 N–H and O–H groups in total. The second-order valence-electron chi connectivity index (χ2n) is 15.5. The molecule has 2 fully saturated rings. The second-order valence-corrected chi connectivity index (χ2v) is 21.2. The number of hydrogen-bond acceptors (Lipinski definition) is 5. The molecule has 2 aliphatic rings. The van der Waals surface area contributed by atoms with Gasteiger partial charge < -0.3 is 23.0 Å². The molecule has 5 rings (SSSR count). The van der Waals surface area contributed by atoms with Gasteiger partial charge in [-0.25, -0.2) is 4.98 Å². The van der Waals surface area contributed by atoms with Gasteiger partial charge in [-0.3, -0.25) is 0 Å². The maximum Gasteiger partial charge on any atom is 0.487 e. The molecule has 46 heavy (non-hydrogen) atoms. The number of methoxy groups -OCH3 is 1. The zero-order valence-electron chi connectivity index (χ0n) is 30.2. The highest BCUT2D eigenvalue weighted by molar-refractivity contribution is 6.82. The molecule has 8 heteroatoms. The minimum absolute atomic E-state index is 0.254. The van der Waals surface area contributed by atoms with E-state index < -0.39 is 26.6 Å². The molecule has 2 aromatic heterocycles. The highest BCUT2D eigenvalue weighted by Gasteiger charge is 2.51. The maximum absolute atomic E-state index is 6.58. The lowest BCUT2D eigenvalue weighted by Gasteiger charge is -2.44. The van der Waals surface area contributed by atoms with Crippen molar-refractivity contribution in [2.24, 2.45) is 5.92 Å². The Bertz CT molecular complexity index is 1470. The second kappa shape index (κ2) is 13.6. The van der Waals surface area contributed by atoms with Crippen molar-refractivity contribution in [1.82, 2.24) is 9.22 Å². The number of nitrogens with zero attached hydrogens (tertiary/aromatic N) is 2. The first-order chi connectivity index (χ1) is 21.7. The molecule has 6 nitrogen and oxygen atoms in total. The Morgan fingerprint density at radius 2 is 1.52 bits per heavy atom. The van der Waals surface area contributed by atoms with Crippen LogP contribution >= 0.6 is 0 Å². The monoisotopic (exact) mass is 644 g/mol. The summed E-state index contributed by atoms with van der Waals surface area (Å²) in [7, 11) is -0.716. The Morgan fingerprint density at radius 1 is 0.935 bits per heavy atom. The zero-order chi connectivity index (χ0) is 33.4. The fraction of sp³-hybridized carbons (Fsp3) is 0.605. The van der Waals surface area contributed by atoms with E-state index in [0.29, 0.717) is 29.1 Å². The summed E-state index contributed by atoms with van der Waals surface area (Å²) in [6.45, 7) is 23.6. The number of benzene rings is 1. The molecule has 1 aliphatic carbocycles. The van der Waals surface area contributed by atoms with Crippen molar-refractivity contribution in [3.8, 4) is 5.75 Å². The summed E-state index contributed by atoms with van der Waals surface area (Å²) in [4.78, 5) is 5.12. The Labute approximate surface area is 279 Å². The lowest BCUT2D eigenvalue weighted by atomic mass is 9.74. The third-order valence-corrected chi connectivity index (χ3v) is 18.2. The van der Waals surface area contributed by atoms with Crippen LogP contribution in [0.25, 0.3) is 16.6 Å². The molecule has 1 saturated carbocycles. The highest BCUT2D eigenvalue weighted by Crippen LogP contribution is 2.48. The average Bonchev–Trinajstić information content (AvgIpc) is 3.51. The third kappa shape index (κ3) is 6.39. The predicted molar refractivity (Wildman–Crippen MR) is 194 cm³/mol. The van der Waals surface area contributed by atoms with Crippen LogP contribution in [0.4, 0.5) is 0 Å². The van der Waals surface area contributed by atoms with E-state index >= 15 is 0 Å². The molecule has 0 radical (unpaired) electrons.